The molecule has 0 saturated carbocycles. The lowest BCUT2D eigenvalue weighted by Crippen LogP contribution is -2.03. The first-order chi connectivity index (χ1) is 9.26. The Kier molecular flexibility index (Phi) is 8.34. The minimum Gasteiger partial charge on any atom is -0.466 e. The third-order valence-electron chi connectivity index (χ3n) is 2.76. The Morgan fingerprint density at radius 3 is 2.58 bits per heavy atom. The monoisotopic (exact) mass is 281 g/mol. The number of thioether (sulfide) groups is 1. The molecule has 19 heavy (non-hydrogen) atoms. The summed E-state index contributed by atoms with van der Waals surface area (Å²) in [7, 11) is 0. The van der Waals surface area contributed by atoms with Crippen molar-refractivity contribution in [1.29, 1.82) is 0 Å². The first-order valence-electron chi connectivity index (χ1n) is 6.83. The van der Waals surface area contributed by atoms with Crippen LogP contribution in [-0.2, 0) is 16.1 Å². The molecule has 0 aliphatic heterocycles. The van der Waals surface area contributed by atoms with Crippen LogP contribution in [0.3, 0.4) is 0 Å². The van der Waals surface area contributed by atoms with Gasteiger partial charge >= 0.3 is 5.97 Å². The lowest BCUT2D eigenvalue weighted by Gasteiger charge is -2.03. The van der Waals surface area contributed by atoms with Gasteiger partial charge in [0.25, 0.3) is 0 Å². The average molecular weight is 281 g/mol. The van der Waals surface area contributed by atoms with Crippen molar-refractivity contribution in [2.45, 2.75) is 44.0 Å². The van der Waals surface area contributed by atoms with Gasteiger partial charge in [-0.05, 0) is 43.2 Å². The van der Waals surface area contributed by atoms with E-state index in [0.717, 1.165) is 25.0 Å². The molecule has 0 radical (unpaired) electrons. The molecule has 0 bridgehead atoms. The van der Waals surface area contributed by atoms with Crippen molar-refractivity contribution >= 4 is 17.7 Å². The summed E-state index contributed by atoms with van der Waals surface area (Å²) in [4.78, 5) is 12.4. The molecule has 4 heteroatoms. The van der Waals surface area contributed by atoms with Crippen molar-refractivity contribution in [2.75, 3.05) is 12.4 Å². The van der Waals surface area contributed by atoms with Crippen molar-refractivity contribution in [3.63, 3.8) is 0 Å². The lowest BCUT2D eigenvalue weighted by molar-refractivity contribution is -0.143. The molecule has 0 saturated heterocycles. The Hall–Kier alpha value is -1.00. The highest BCUT2D eigenvalue weighted by molar-refractivity contribution is 7.99. The fraction of sp³-hybridized carbons (Fsp3) is 0.533. The van der Waals surface area contributed by atoms with Crippen LogP contribution in [0.2, 0.25) is 0 Å². The summed E-state index contributed by atoms with van der Waals surface area (Å²) in [5, 5.41) is 0. The molecule has 1 aromatic rings. The molecule has 1 rings (SSSR count). The molecule has 0 spiro atoms. The van der Waals surface area contributed by atoms with Crippen LogP contribution in [0.25, 0.3) is 0 Å². The summed E-state index contributed by atoms with van der Waals surface area (Å²) >= 11 is 1.85. The van der Waals surface area contributed by atoms with Crippen LogP contribution in [0.5, 0.6) is 0 Å². The molecule has 2 N–H and O–H groups in total. The minimum absolute atomic E-state index is 0.0764. The van der Waals surface area contributed by atoms with Crippen LogP contribution in [0, 0.1) is 0 Å². The van der Waals surface area contributed by atoms with Gasteiger partial charge in [-0.3, -0.25) is 4.79 Å². The van der Waals surface area contributed by atoms with E-state index in [2.05, 4.69) is 24.3 Å². The average Bonchev–Trinajstić information content (AvgIpc) is 2.43. The van der Waals surface area contributed by atoms with E-state index in [1.54, 1.807) is 0 Å². The van der Waals surface area contributed by atoms with E-state index in [-0.39, 0.29) is 5.97 Å². The number of esters is 1. The number of carbonyl (C=O) groups is 1. The first kappa shape index (κ1) is 16.1. The molecule has 0 amide bonds. The summed E-state index contributed by atoms with van der Waals surface area (Å²) in [5.74, 6) is 1.01. The molecule has 1 aromatic carbocycles. The highest BCUT2D eigenvalue weighted by atomic mass is 32.2. The molecule has 0 atom stereocenters. The molecule has 0 aromatic heterocycles. The number of nitrogens with two attached hydrogens (primary N) is 1. The minimum atomic E-state index is -0.0764. The molecule has 0 aliphatic carbocycles. The normalized spacial score (nSPS) is 10.4. The maximum atomic E-state index is 11.1. The Morgan fingerprint density at radius 1 is 1.21 bits per heavy atom. The standard InChI is InChI=1S/C15H23NO2S/c1-2-18-15(17)6-4-3-5-11-19-14-9-7-13(12-16)8-10-14/h7-10H,2-6,11-12,16H2,1H3. The van der Waals surface area contributed by atoms with E-state index < -0.39 is 0 Å². The van der Waals surface area contributed by atoms with Gasteiger partial charge in [-0.15, -0.1) is 11.8 Å². The second-order valence-electron chi connectivity index (χ2n) is 4.31. The first-order valence-corrected chi connectivity index (χ1v) is 7.82. The molecule has 0 fully saturated rings. The Labute approximate surface area is 119 Å². The summed E-state index contributed by atoms with van der Waals surface area (Å²) < 4.78 is 4.89. The number of hydrogen-bond donors (Lipinski definition) is 1. The smallest absolute Gasteiger partial charge is 0.305 e. The number of rotatable bonds is 9. The van der Waals surface area contributed by atoms with Crippen molar-refractivity contribution in [3.8, 4) is 0 Å². The zero-order valence-corrected chi connectivity index (χ0v) is 12.4. The van der Waals surface area contributed by atoms with Crippen molar-refractivity contribution in [1.82, 2.24) is 0 Å². The van der Waals surface area contributed by atoms with Gasteiger partial charge in [0.1, 0.15) is 0 Å². The number of hydrogen-bond acceptors (Lipinski definition) is 4. The SMILES string of the molecule is CCOC(=O)CCCCCSc1ccc(CN)cc1. The van der Waals surface area contributed by atoms with Gasteiger partial charge in [-0.25, -0.2) is 0 Å². The molecule has 3 nitrogen and oxygen atoms in total. The molecule has 0 heterocycles. The maximum Gasteiger partial charge on any atom is 0.305 e. The largest absolute Gasteiger partial charge is 0.466 e. The second kappa shape index (κ2) is 9.87. The van der Waals surface area contributed by atoms with E-state index in [9.17, 15) is 4.79 Å². The van der Waals surface area contributed by atoms with E-state index in [0.29, 0.717) is 19.6 Å². The topological polar surface area (TPSA) is 52.3 Å². The summed E-state index contributed by atoms with van der Waals surface area (Å²) in [6.45, 7) is 2.91. The van der Waals surface area contributed by atoms with Crippen LogP contribution in [0.15, 0.2) is 29.2 Å². The summed E-state index contributed by atoms with van der Waals surface area (Å²) in [6, 6.07) is 8.38. The van der Waals surface area contributed by atoms with Crippen LogP contribution in [-0.4, -0.2) is 18.3 Å². The number of ether oxygens (including phenoxy) is 1. The van der Waals surface area contributed by atoms with Crippen molar-refractivity contribution in [3.05, 3.63) is 29.8 Å². The van der Waals surface area contributed by atoms with Crippen LogP contribution in [0.1, 0.15) is 38.2 Å². The van der Waals surface area contributed by atoms with Crippen molar-refractivity contribution < 1.29 is 9.53 Å². The third-order valence-corrected chi connectivity index (χ3v) is 3.86. The summed E-state index contributed by atoms with van der Waals surface area (Å²) in [6.07, 6.45) is 3.67. The lowest BCUT2D eigenvalue weighted by atomic mass is 10.2. The van der Waals surface area contributed by atoms with Gasteiger partial charge in [0.15, 0.2) is 0 Å². The zero-order chi connectivity index (χ0) is 13.9. The highest BCUT2D eigenvalue weighted by Crippen LogP contribution is 2.20. The van der Waals surface area contributed by atoms with E-state index in [1.165, 1.54) is 10.5 Å². The Morgan fingerprint density at radius 2 is 1.95 bits per heavy atom. The van der Waals surface area contributed by atoms with Crippen LogP contribution in [0.4, 0.5) is 0 Å². The highest BCUT2D eigenvalue weighted by Gasteiger charge is 2.01. The molecular weight excluding hydrogens is 258 g/mol. The van der Waals surface area contributed by atoms with Gasteiger partial charge in [0.05, 0.1) is 6.61 Å². The maximum absolute atomic E-state index is 11.1. The van der Waals surface area contributed by atoms with E-state index >= 15 is 0 Å². The predicted octanol–water partition coefficient (Wildman–Crippen LogP) is 3.36. The Bertz CT molecular complexity index is 365. The van der Waals surface area contributed by atoms with Crippen LogP contribution >= 0.6 is 11.8 Å². The molecule has 0 aliphatic rings. The number of carbonyl (C=O) groups excluding carboxylic acids is 1. The van der Waals surface area contributed by atoms with Gasteiger partial charge < -0.3 is 10.5 Å². The van der Waals surface area contributed by atoms with Crippen molar-refractivity contribution in [2.24, 2.45) is 5.73 Å². The Balaban J connectivity index is 2.05. The fourth-order valence-corrected chi connectivity index (χ4v) is 2.61. The van der Waals surface area contributed by atoms with E-state index in [4.69, 9.17) is 10.5 Å². The van der Waals surface area contributed by atoms with Gasteiger partial charge in [-0.2, -0.15) is 0 Å². The molecule has 0 unspecified atom stereocenters. The fourth-order valence-electron chi connectivity index (χ4n) is 1.69. The van der Waals surface area contributed by atoms with E-state index in [1.807, 2.05) is 18.7 Å². The number of unbranched alkanes of at least 4 members (excludes halogenated alkanes) is 2. The summed E-state index contributed by atoms with van der Waals surface area (Å²) in [5.41, 5.74) is 6.72. The van der Waals surface area contributed by atoms with Gasteiger partial charge in [0, 0.05) is 17.9 Å². The third kappa shape index (κ3) is 7.23. The predicted molar refractivity (Wildman–Crippen MR) is 80.2 cm³/mol. The molecular formula is C15H23NO2S. The number of benzene rings is 1. The van der Waals surface area contributed by atoms with Gasteiger partial charge in [-0.1, -0.05) is 18.6 Å². The second-order valence-corrected chi connectivity index (χ2v) is 5.48. The van der Waals surface area contributed by atoms with Gasteiger partial charge in [0.2, 0.25) is 0 Å². The zero-order valence-electron chi connectivity index (χ0n) is 11.6. The molecule has 106 valence electrons. The van der Waals surface area contributed by atoms with Crippen LogP contribution < -0.4 is 5.73 Å². The quantitative estimate of drug-likeness (QED) is 0.428.